The maximum atomic E-state index is 13.4. The molecule has 6 nitrogen and oxygen atoms in total. The Hall–Kier alpha value is -1.41. The van der Waals surface area contributed by atoms with Gasteiger partial charge in [-0.15, -0.1) is 21.5 Å². The Bertz CT molecular complexity index is 765. The van der Waals surface area contributed by atoms with Crippen molar-refractivity contribution in [2.45, 2.75) is 87.7 Å². The van der Waals surface area contributed by atoms with Crippen molar-refractivity contribution in [3.63, 3.8) is 0 Å². The molecule has 2 aliphatic carbocycles. The van der Waals surface area contributed by atoms with Gasteiger partial charge in [-0.05, 0) is 39.5 Å². The van der Waals surface area contributed by atoms with E-state index >= 15 is 0 Å². The van der Waals surface area contributed by atoms with Crippen LogP contribution >= 0.6 is 23.1 Å². The fourth-order valence-electron chi connectivity index (χ4n) is 3.84. The van der Waals surface area contributed by atoms with Crippen LogP contribution in [0, 0.1) is 0 Å². The second kappa shape index (κ2) is 8.31. The van der Waals surface area contributed by atoms with E-state index in [1.165, 1.54) is 43.9 Å². The Labute approximate surface area is 168 Å². The predicted octanol–water partition coefficient (Wildman–Crippen LogP) is 4.48. The van der Waals surface area contributed by atoms with Gasteiger partial charge < -0.3 is 4.57 Å². The molecule has 0 saturated heterocycles. The maximum Gasteiger partial charge on any atom is 0.242 e. The summed E-state index contributed by atoms with van der Waals surface area (Å²) in [6, 6.07) is 0.270. The normalized spacial score (nSPS) is 19.2. The summed E-state index contributed by atoms with van der Waals surface area (Å²) in [7, 11) is 0. The predicted molar refractivity (Wildman–Crippen MR) is 109 cm³/mol. The minimum absolute atomic E-state index is 0.139. The van der Waals surface area contributed by atoms with E-state index in [4.69, 9.17) is 0 Å². The first-order valence-corrected chi connectivity index (χ1v) is 11.8. The van der Waals surface area contributed by atoms with E-state index in [1.54, 1.807) is 17.5 Å². The van der Waals surface area contributed by atoms with Crippen LogP contribution in [0.1, 0.15) is 70.5 Å². The molecule has 8 heteroatoms. The van der Waals surface area contributed by atoms with Gasteiger partial charge in [-0.25, -0.2) is 4.98 Å². The van der Waals surface area contributed by atoms with E-state index in [1.807, 2.05) is 17.2 Å². The minimum Gasteiger partial charge on any atom is -0.306 e. The van der Waals surface area contributed by atoms with E-state index in [-0.39, 0.29) is 17.2 Å². The summed E-state index contributed by atoms with van der Waals surface area (Å²) in [5.41, 5.74) is 0. The molecule has 0 aliphatic heterocycles. The summed E-state index contributed by atoms with van der Waals surface area (Å²) in [6.07, 6.45) is 9.99. The van der Waals surface area contributed by atoms with Crippen LogP contribution < -0.4 is 4.90 Å². The largest absolute Gasteiger partial charge is 0.306 e. The number of hydrogen-bond donors (Lipinski definition) is 0. The molecule has 146 valence electrons. The van der Waals surface area contributed by atoms with Crippen molar-refractivity contribution in [2.24, 2.45) is 0 Å². The minimum atomic E-state index is -0.211. The van der Waals surface area contributed by atoms with Gasteiger partial charge in [0.15, 0.2) is 10.3 Å². The summed E-state index contributed by atoms with van der Waals surface area (Å²) in [5, 5.41) is 12.2. The Kier molecular flexibility index (Phi) is 5.82. The number of thiazole rings is 1. The Morgan fingerprint density at radius 3 is 2.70 bits per heavy atom. The lowest BCUT2D eigenvalue weighted by atomic mass is 9.94. The topological polar surface area (TPSA) is 63.9 Å². The molecule has 1 unspecified atom stereocenters. The summed E-state index contributed by atoms with van der Waals surface area (Å²) >= 11 is 3.09. The van der Waals surface area contributed by atoms with E-state index in [9.17, 15) is 4.79 Å². The van der Waals surface area contributed by atoms with E-state index in [2.05, 4.69) is 26.7 Å². The third-order valence-corrected chi connectivity index (χ3v) is 7.28. The third kappa shape index (κ3) is 4.06. The van der Waals surface area contributed by atoms with Gasteiger partial charge in [0.2, 0.25) is 5.91 Å². The van der Waals surface area contributed by atoms with Crippen LogP contribution in [0.5, 0.6) is 0 Å². The molecule has 2 aromatic heterocycles. The number of carbonyl (C=O) groups is 1. The molecule has 2 fully saturated rings. The van der Waals surface area contributed by atoms with Crippen LogP contribution in [0.2, 0.25) is 0 Å². The molecule has 0 N–H and O–H groups in total. The number of hydrogen-bond acceptors (Lipinski definition) is 6. The van der Waals surface area contributed by atoms with E-state index in [0.717, 1.165) is 35.5 Å². The van der Waals surface area contributed by atoms with Crippen molar-refractivity contribution in [1.82, 2.24) is 19.7 Å². The average Bonchev–Trinajstić information content (AvgIpc) is 3.24. The number of anilines is 1. The first-order chi connectivity index (χ1) is 13.2. The lowest BCUT2D eigenvalue weighted by Gasteiger charge is -2.34. The lowest BCUT2D eigenvalue weighted by Crippen LogP contribution is -2.45. The van der Waals surface area contributed by atoms with Crippen molar-refractivity contribution in [2.75, 3.05) is 4.90 Å². The molecule has 2 saturated carbocycles. The van der Waals surface area contributed by atoms with E-state index in [0.29, 0.717) is 5.92 Å². The first kappa shape index (κ1) is 18.9. The van der Waals surface area contributed by atoms with Gasteiger partial charge in [0.1, 0.15) is 5.82 Å². The van der Waals surface area contributed by atoms with E-state index < -0.39 is 0 Å². The molecule has 2 aromatic rings. The highest BCUT2D eigenvalue weighted by atomic mass is 32.2. The Balaban J connectivity index is 1.52. The molecule has 0 aromatic carbocycles. The number of aromatic nitrogens is 4. The standard InChI is InChI=1S/C19H27N5OS2/c1-3-23-16(14-9-10-14)21-22-19(23)27-13(2)17(25)24(18-20-11-12-26-18)15-7-5-4-6-8-15/h11-15H,3-10H2,1-2H3. The smallest absolute Gasteiger partial charge is 0.242 e. The lowest BCUT2D eigenvalue weighted by molar-refractivity contribution is -0.118. The third-order valence-electron chi connectivity index (χ3n) is 5.44. The van der Waals surface area contributed by atoms with Crippen LogP contribution in [0.15, 0.2) is 16.7 Å². The molecule has 2 aliphatic rings. The van der Waals surface area contributed by atoms with Gasteiger partial charge in [0.25, 0.3) is 0 Å². The zero-order chi connectivity index (χ0) is 18.8. The van der Waals surface area contributed by atoms with Gasteiger partial charge in [-0.1, -0.05) is 31.0 Å². The second-order valence-corrected chi connectivity index (χ2v) is 9.62. The van der Waals surface area contributed by atoms with Gasteiger partial charge in [-0.2, -0.15) is 0 Å². The highest BCUT2D eigenvalue weighted by molar-refractivity contribution is 8.00. The number of carbonyl (C=O) groups excluding carboxylic acids is 1. The highest BCUT2D eigenvalue weighted by Crippen LogP contribution is 2.40. The van der Waals surface area contributed by atoms with Gasteiger partial charge in [0, 0.05) is 30.1 Å². The van der Waals surface area contributed by atoms with Crippen LogP contribution in [-0.2, 0) is 11.3 Å². The molecule has 1 amide bonds. The molecule has 0 spiro atoms. The molecule has 0 bridgehead atoms. The van der Waals surface area contributed by atoms with Crippen molar-refractivity contribution in [1.29, 1.82) is 0 Å². The molecule has 1 atom stereocenters. The molecular weight excluding hydrogens is 378 g/mol. The van der Waals surface area contributed by atoms with Gasteiger partial charge in [0.05, 0.1) is 5.25 Å². The molecule has 2 heterocycles. The van der Waals surface area contributed by atoms with Crippen LogP contribution in [0.4, 0.5) is 5.13 Å². The quantitative estimate of drug-likeness (QED) is 0.636. The summed E-state index contributed by atoms with van der Waals surface area (Å²) in [5.74, 6) is 1.79. The highest BCUT2D eigenvalue weighted by Gasteiger charge is 2.34. The fourth-order valence-corrected chi connectivity index (χ4v) is 5.52. The maximum absolute atomic E-state index is 13.4. The fraction of sp³-hybridized carbons (Fsp3) is 0.684. The zero-order valence-electron chi connectivity index (χ0n) is 16.0. The second-order valence-electron chi connectivity index (χ2n) is 7.43. The van der Waals surface area contributed by atoms with Gasteiger partial charge >= 0.3 is 0 Å². The summed E-state index contributed by atoms with van der Waals surface area (Å²) in [6.45, 7) is 4.96. The zero-order valence-corrected chi connectivity index (χ0v) is 17.6. The van der Waals surface area contributed by atoms with Crippen LogP contribution in [0.3, 0.4) is 0 Å². The number of thioether (sulfide) groups is 1. The Morgan fingerprint density at radius 1 is 1.30 bits per heavy atom. The van der Waals surface area contributed by atoms with Crippen molar-refractivity contribution in [3.8, 4) is 0 Å². The molecule has 4 rings (SSSR count). The number of nitrogens with zero attached hydrogens (tertiary/aromatic N) is 5. The molecule has 0 radical (unpaired) electrons. The summed E-state index contributed by atoms with van der Waals surface area (Å²) < 4.78 is 2.18. The van der Waals surface area contributed by atoms with Crippen molar-refractivity contribution < 1.29 is 4.79 Å². The summed E-state index contributed by atoms with van der Waals surface area (Å²) in [4.78, 5) is 19.8. The van der Waals surface area contributed by atoms with Gasteiger partial charge in [-0.3, -0.25) is 9.69 Å². The van der Waals surface area contributed by atoms with Crippen LogP contribution in [0.25, 0.3) is 0 Å². The van der Waals surface area contributed by atoms with Crippen LogP contribution in [-0.4, -0.2) is 36.9 Å². The number of rotatable bonds is 7. The monoisotopic (exact) mass is 405 g/mol. The Morgan fingerprint density at radius 2 is 2.07 bits per heavy atom. The average molecular weight is 406 g/mol. The number of amides is 1. The molecular formula is C19H27N5OS2. The van der Waals surface area contributed by atoms with Crippen molar-refractivity contribution >= 4 is 34.1 Å². The van der Waals surface area contributed by atoms with Crippen molar-refractivity contribution in [3.05, 3.63) is 17.4 Å². The SMILES string of the molecule is CCn1c(SC(C)C(=O)N(c2nccs2)C2CCCCC2)nnc1C1CC1. The molecule has 27 heavy (non-hydrogen) atoms. The first-order valence-electron chi connectivity index (χ1n) is 10.0.